The fraction of sp³-hybridized carbons (Fsp3) is 0.909. The summed E-state index contributed by atoms with van der Waals surface area (Å²) < 4.78 is 0. The van der Waals surface area contributed by atoms with Crippen LogP contribution >= 0.6 is 0 Å². The van der Waals surface area contributed by atoms with Crippen LogP contribution < -0.4 is 5.73 Å². The zero-order valence-electron chi connectivity index (χ0n) is 8.75. The van der Waals surface area contributed by atoms with Crippen molar-refractivity contribution in [3.8, 4) is 0 Å². The molecule has 2 nitrogen and oxygen atoms in total. The number of nitrogens with two attached hydrogens (primary N) is 1. The van der Waals surface area contributed by atoms with Crippen molar-refractivity contribution in [2.24, 2.45) is 17.6 Å². The molecule has 0 aromatic heterocycles. The predicted octanol–water partition coefficient (Wildman–Crippen LogP) is 2.12. The van der Waals surface area contributed by atoms with E-state index in [1.165, 1.54) is 6.42 Å². The molecule has 1 aliphatic carbocycles. The molecule has 0 saturated heterocycles. The molecule has 1 fully saturated rings. The fourth-order valence-corrected chi connectivity index (χ4v) is 2.01. The standard InChI is InChI=1S/C11H21NO/c1-3-8(2)11(13)7-9-5-4-6-10(9)12/h8-10H,3-7,12H2,1-2H3. The van der Waals surface area contributed by atoms with Gasteiger partial charge < -0.3 is 5.73 Å². The average molecular weight is 183 g/mol. The van der Waals surface area contributed by atoms with Crippen LogP contribution in [0, 0.1) is 11.8 Å². The maximum absolute atomic E-state index is 11.6. The van der Waals surface area contributed by atoms with E-state index >= 15 is 0 Å². The van der Waals surface area contributed by atoms with Gasteiger partial charge >= 0.3 is 0 Å². The minimum Gasteiger partial charge on any atom is -0.327 e. The van der Waals surface area contributed by atoms with Crippen LogP contribution in [0.3, 0.4) is 0 Å². The summed E-state index contributed by atoms with van der Waals surface area (Å²) in [6, 6.07) is 0.285. The van der Waals surface area contributed by atoms with Crippen LogP contribution in [0.2, 0.25) is 0 Å². The van der Waals surface area contributed by atoms with Crippen molar-refractivity contribution < 1.29 is 4.79 Å². The van der Waals surface area contributed by atoms with Crippen LogP contribution in [0.4, 0.5) is 0 Å². The third kappa shape index (κ3) is 2.80. The van der Waals surface area contributed by atoms with E-state index in [4.69, 9.17) is 5.73 Å². The summed E-state index contributed by atoms with van der Waals surface area (Å²) in [5, 5.41) is 0. The van der Waals surface area contributed by atoms with E-state index in [0.29, 0.717) is 11.7 Å². The zero-order valence-corrected chi connectivity index (χ0v) is 8.75. The maximum Gasteiger partial charge on any atom is 0.136 e. The van der Waals surface area contributed by atoms with Crippen molar-refractivity contribution >= 4 is 5.78 Å². The van der Waals surface area contributed by atoms with Crippen molar-refractivity contribution in [2.75, 3.05) is 0 Å². The second-order valence-corrected chi connectivity index (χ2v) is 4.33. The molecule has 2 N–H and O–H groups in total. The molecular weight excluding hydrogens is 162 g/mol. The highest BCUT2D eigenvalue weighted by Crippen LogP contribution is 2.28. The Morgan fingerprint density at radius 2 is 2.23 bits per heavy atom. The van der Waals surface area contributed by atoms with Crippen LogP contribution in [-0.2, 0) is 4.79 Å². The number of carbonyl (C=O) groups is 1. The Kier molecular flexibility index (Phi) is 3.91. The maximum atomic E-state index is 11.6. The van der Waals surface area contributed by atoms with Gasteiger partial charge in [0, 0.05) is 18.4 Å². The van der Waals surface area contributed by atoms with Gasteiger partial charge in [0.05, 0.1) is 0 Å². The molecule has 3 atom stereocenters. The van der Waals surface area contributed by atoms with Gasteiger partial charge in [0.1, 0.15) is 5.78 Å². The largest absolute Gasteiger partial charge is 0.327 e. The summed E-state index contributed by atoms with van der Waals surface area (Å²) in [6.45, 7) is 4.08. The van der Waals surface area contributed by atoms with E-state index in [0.717, 1.165) is 25.7 Å². The molecule has 0 heterocycles. The van der Waals surface area contributed by atoms with Gasteiger partial charge in [0.25, 0.3) is 0 Å². The molecule has 3 unspecified atom stereocenters. The van der Waals surface area contributed by atoms with Gasteiger partial charge in [0.15, 0.2) is 0 Å². The first-order valence-electron chi connectivity index (χ1n) is 5.43. The minimum atomic E-state index is 0.229. The topological polar surface area (TPSA) is 43.1 Å². The molecule has 0 radical (unpaired) electrons. The van der Waals surface area contributed by atoms with Gasteiger partial charge in [-0.25, -0.2) is 0 Å². The minimum absolute atomic E-state index is 0.229. The zero-order chi connectivity index (χ0) is 9.84. The van der Waals surface area contributed by atoms with Crippen molar-refractivity contribution in [2.45, 2.75) is 52.0 Å². The van der Waals surface area contributed by atoms with Crippen molar-refractivity contribution in [3.05, 3.63) is 0 Å². The first-order chi connectivity index (χ1) is 6.15. The number of ketones is 1. The van der Waals surface area contributed by atoms with Crippen LogP contribution in [-0.4, -0.2) is 11.8 Å². The van der Waals surface area contributed by atoms with Gasteiger partial charge in [-0.15, -0.1) is 0 Å². The molecule has 0 amide bonds. The summed E-state index contributed by atoms with van der Waals surface area (Å²) in [4.78, 5) is 11.6. The molecule has 0 aliphatic heterocycles. The van der Waals surface area contributed by atoms with Crippen LogP contribution in [0.1, 0.15) is 46.0 Å². The van der Waals surface area contributed by atoms with Crippen molar-refractivity contribution in [3.63, 3.8) is 0 Å². The second kappa shape index (κ2) is 4.75. The van der Waals surface area contributed by atoms with Crippen LogP contribution in [0.15, 0.2) is 0 Å². The normalized spacial score (nSPS) is 30.4. The lowest BCUT2D eigenvalue weighted by molar-refractivity contribution is -0.123. The lowest BCUT2D eigenvalue weighted by Gasteiger charge is -2.16. The summed E-state index contributed by atoms with van der Waals surface area (Å²) in [5.74, 6) is 1.11. The molecule has 1 saturated carbocycles. The fourth-order valence-electron chi connectivity index (χ4n) is 2.01. The Bertz CT molecular complexity index is 179. The Balaban J connectivity index is 2.35. The van der Waals surface area contributed by atoms with Crippen LogP contribution in [0.5, 0.6) is 0 Å². The van der Waals surface area contributed by atoms with E-state index in [-0.39, 0.29) is 12.0 Å². The highest BCUT2D eigenvalue weighted by Gasteiger charge is 2.27. The van der Waals surface area contributed by atoms with E-state index < -0.39 is 0 Å². The summed E-state index contributed by atoms with van der Waals surface area (Å²) in [6.07, 6.45) is 5.15. The SMILES string of the molecule is CCC(C)C(=O)CC1CCCC1N. The summed E-state index contributed by atoms with van der Waals surface area (Å²) >= 11 is 0. The Hall–Kier alpha value is -0.370. The molecule has 1 rings (SSSR count). The third-order valence-corrected chi connectivity index (χ3v) is 3.34. The summed E-state index contributed by atoms with van der Waals surface area (Å²) in [5.41, 5.74) is 5.92. The van der Waals surface area contributed by atoms with E-state index in [9.17, 15) is 4.79 Å². The van der Waals surface area contributed by atoms with Crippen LogP contribution in [0.25, 0.3) is 0 Å². The quantitative estimate of drug-likeness (QED) is 0.725. The van der Waals surface area contributed by atoms with Crippen molar-refractivity contribution in [1.29, 1.82) is 0 Å². The number of hydrogen-bond donors (Lipinski definition) is 1. The van der Waals surface area contributed by atoms with E-state index in [1.54, 1.807) is 0 Å². The molecule has 0 spiro atoms. The van der Waals surface area contributed by atoms with Gasteiger partial charge in [-0.3, -0.25) is 4.79 Å². The lowest BCUT2D eigenvalue weighted by atomic mass is 9.91. The lowest BCUT2D eigenvalue weighted by Crippen LogP contribution is -2.27. The Labute approximate surface area is 80.9 Å². The highest BCUT2D eigenvalue weighted by atomic mass is 16.1. The smallest absolute Gasteiger partial charge is 0.136 e. The highest BCUT2D eigenvalue weighted by molar-refractivity contribution is 5.80. The molecule has 0 aromatic carbocycles. The van der Waals surface area contributed by atoms with Gasteiger partial charge in [-0.1, -0.05) is 20.3 Å². The van der Waals surface area contributed by atoms with E-state index in [1.807, 2.05) is 6.92 Å². The Morgan fingerprint density at radius 1 is 1.54 bits per heavy atom. The number of rotatable bonds is 4. The number of carbonyl (C=O) groups excluding carboxylic acids is 1. The Morgan fingerprint density at radius 3 is 2.69 bits per heavy atom. The summed E-state index contributed by atoms with van der Waals surface area (Å²) in [7, 11) is 0. The molecule has 1 aliphatic rings. The average Bonchev–Trinajstić information content (AvgIpc) is 2.50. The van der Waals surface area contributed by atoms with Gasteiger partial charge in [-0.05, 0) is 25.2 Å². The number of hydrogen-bond acceptors (Lipinski definition) is 2. The molecule has 0 bridgehead atoms. The molecule has 13 heavy (non-hydrogen) atoms. The van der Waals surface area contributed by atoms with Crippen molar-refractivity contribution in [1.82, 2.24) is 0 Å². The van der Waals surface area contributed by atoms with E-state index in [2.05, 4.69) is 6.92 Å². The molecular formula is C11H21NO. The van der Waals surface area contributed by atoms with Gasteiger partial charge in [-0.2, -0.15) is 0 Å². The molecule has 0 aromatic rings. The molecule has 76 valence electrons. The second-order valence-electron chi connectivity index (χ2n) is 4.33. The number of Topliss-reactive ketones (excluding diaryl/α,β-unsaturated/α-hetero) is 1. The first kappa shape index (κ1) is 10.7. The first-order valence-corrected chi connectivity index (χ1v) is 5.43. The third-order valence-electron chi connectivity index (χ3n) is 3.34. The monoisotopic (exact) mass is 183 g/mol. The molecule has 2 heteroatoms. The predicted molar refractivity (Wildman–Crippen MR) is 54.4 cm³/mol. The van der Waals surface area contributed by atoms with Gasteiger partial charge in [0.2, 0.25) is 0 Å².